The zero-order chi connectivity index (χ0) is 23.5. The van der Waals surface area contributed by atoms with Crippen LogP contribution in [0.4, 0.5) is 19.0 Å². The van der Waals surface area contributed by atoms with Crippen molar-refractivity contribution in [3.63, 3.8) is 0 Å². The van der Waals surface area contributed by atoms with Gasteiger partial charge in [-0.05, 0) is 38.8 Å². The number of aromatic nitrogens is 1. The van der Waals surface area contributed by atoms with E-state index in [0.29, 0.717) is 19.4 Å². The Morgan fingerprint density at radius 1 is 1.25 bits per heavy atom. The van der Waals surface area contributed by atoms with E-state index in [9.17, 15) is 26.4 Å². The monoisotopic (exact) mass is 478 g/mol. The number of ether oxygens (including phenoxy) is 1. The molecule has 1 aromatic rings. The molecule has 8 nitrogen and oxygen atoms in total. The fourth-order valence-corrected chi connectivity index (χ4v) is 5.68. The van der Waals surface area contributed by atoms with Crippen LogP contribution < -0.4 is 10.2 Å². The van der Waals surface area contributed by atoms with Crippen molar-refractivity contribution in [3.05, 3.63) is 23.9 Å². The molecule has 3 rings (SSSR count). The summed E-state index contributed by atoms with van der Waals surface area (Å²) in [5.41, 5.74) is -0.832. The van der Waals surface area contributed by atoms with Gasteiger partial charge in [-0.15, -0.1) is 0 Å². The summed E-state index contributed by atoms with van der Waals surface area (Å²) in [5, 5.41) is 2.64. The van der Waals surface area contributed by atoms with Crippen LogP contribution in [-0.4, -0.2) is 74.3 Å². The number of anilines is 1. The van der Waals surface area contributed by atoms with Gasteiger partial charge in [0.1, 0.15) is 5.82 Å². The number of nitrogens with one attached hydrogen (secondary N) is 1. The van der Waals surface area contributed by atoms with Gasteiger partial charge in [0.25, 0.3) is 0 Å². The van der Waals surface area contributed by atoms with Crippen molar-refractivity contribution in [2.75, 3.05) is 43.4 Å². The van der Waals surface area contributed by atoms with Gasteiger partial charge in [0.15, 0.2) is 0 Å². The molecule has 2 aliphatic heterocycles. The van der Waals surface area contributed by atoms with Crippen LogP contribution in [0.25, 0.3) is 0 Å². The van der Waals surface area contributed by atoms with E-state index in [1.807, 2.05) is 0 Å². The number of nitrogens with zero attached hydrogens (tertiary/aromatic N) is 3. The Bertz CT molecular complexity index is 902. The maximum absolute atomic E-state index is 13.3. The fourth-order valence-electron chi connectivity index (χ4n) is 4.19. The molecule has 3 atom stereocenters. The summed E-state index contributed by atoms with van der Waals surface area (Å²) >= 11 is 0. The van der Waals surface area contributed by atoms with E-state index in [0.717, 1.165) is 6.07 Å². The van der Waals surface area contributed by atoms with Crippen LogP contribution in [0.15, 0.2) is 18.3 Å². The molecule has 0 bridgehead atoms. The number of morpholine rings is 1. The number of amides is 1. The van der Waals surface area contributed by atoms with Crippen molar-refractivity contribution in [3.8, 4) is 0 Å². The highest BCUT2D eigenvalue weighted by Gasteiger charge is 2.37. The van der Waals surface area contributed by atoms with Crippen molar-refractivity contribution in [2.24, 2.45) is 5.92 Å². The van der Waals surface area contributed by atoms with Crippen molar-refractivity contribution >= 4 is 21.7 Å². The summed E-state index contributed by atoms with van der Waals surface area (Å²) < 4.78 is 72.1. The van der Waals surface area contributed by atoms with E-state index in [1.54, 1.807) is 13.8 Å². The topological polar surface area (TPSA) is 91.8 Å². The first-order chi connectivity index (χ1) is 15.0. The summed E-state index contributed by atoms with van der Waals surface area (Å²) in [6, 6.07) is 2.21. The highest BCUT2D eigenvalue weighted by atomic mass is 32.2. The van der Waals surface area contributed by atoms with Crippen LogP contribution in [0, 0.1) is 5.92 Å². The third kappa shape index (κ3) is 6.10. The molecule has 180 valence electrons. The molecule has 0 saturated carbocycles. The van der Waals surface area contributed by atoms with Gasteiger partial charge in [0.2, 0.25) is 15.9 Å². The predicted molar refractivity (Wildman–Crippen MR) is 113 cm³/mol. The van der Waals surface area contributed by atoms with Crippen LogP contribution in [0.2, 0.25) is 0 Å². The Hall–Kier alpha value is -1.92. The molecule has 0 radical (unpaired) electrons. The lowest BCUT2D eigenvalue weighted by Gasteiger charge is -2.35. The molecule has 12 heteroatoms. The normalized spacial score (nSPS) is 25.5. The molecule has 1 aromatic heterocycles. The van der Waals surface area contributed by atoms with Gasteiger partial charge in [-0.25, -0.2) is 13.4 Å². The lowest BCUT2D eigenvalue weighted by atomic mass is 9.96. The number of sulfonamides is 1. The third-order valence-electron chi connectivity index (χ3n) is 5.62. The lowest BCUT2D eigenvalue weighted by Crippen LogP contribution is -2.50. The summed E-state index contributed by atoms with van der Waals surface area (Å²) in [7, 11) is -3.56. The minimum absolute atomic E-state index is 0.0603. The Morgan fingerprint density at radius 2 is 1.94 bits per heavy atom. The van der Waals surface area contributed by atoms with Crippen molar-refractivity contribution in [1.29, 1.82) is 0 Å². The third-order valence-corrected chi connectivity index (χ3v) is 7.43. The second-order valence-electron chi connectivity index (χ2n) is 8.34. The summed E-state index contributed by atoms with van der Waals surface area (Å²) in [6.45, 7) is 4.55. The first-order valence-corrected chi connectivity index (χ1v) is 12.3. The number of alkyl halides is 3. The van der Waals surface area contributed by atoms with Gasteiger partial charge in [-0.1, -0.05) is 0 Å². The average molecular weight is 479 g/mol. The molecule has 2 fully saturated rings. The molecule has 32 heavy (non-hydrogen) atoms. The Morgan fingerprint density at radius 3 is 2.59 bits per heavy atom. The van der Waals surface area contributed by atoms with Crippen LogP contribution in [0.1, 0.15) is 32.3 Å². The highest BCUT2D eigenvalue weighted by molar-refractivity contribution is 7.89. The molecular weight excluding hydrogens is 449 g/mol. The number of piperidine rings is 1. The summed E-state index contributed by atoms with van der Waals surface area (Å²) in [6.07, 6.45) is -2.60. The molecule has 1 N–H and O–H groups in total. The maximum Gasteiger partial charge on any atom is 0.419 e. The van der Waals surface area contributed by atoms with E-state index in [-0.39, 0.29) is 55.9 Å². The van der Waals surface area contributed by atoms with Crippen molar-refractivity contribution in [2.45, 2.75) is 45.1 Å². The van der Waals surface area contributed by atoms with Crippen LogP contribution in [0.5, 0.6) is 0 Å². The number of hydrogen-bond donors (Lipinski definition) is 1. The largest absolute Gasteiger partial charge is 0.419 e. The second kappa shape index (κ2) is 9.92. The van der Waals surface area contributed by atoms with E-state index in [1.165, 1.54) is 21.5 Å². The van der Waals surface area contributed by atoms with Crippen LogP contribution in [0.3, 0.4) is 0 Å². The number of carbonyl (C=O) groups excluding carboxylic acids is 1. The Kier molecular flexibility index (Phi) is 7.66. The molecule has 0 spiro atoms. The summed E-state index contributed by atoms with van der Waals surface area (Å²) in [5.74, 6) is -1.33. The molecule has 2 aliphatic rings. The smallest absolute Gasteiger partial charge is 0.373 e. The molecule has 2 saturated heterocycles. The van der Waals surface area contributed by atoms with Gasteiger partial charge in [-0.2, -0.15) is 17.5 Å². The van der Waals surface area contributed by atoms with E-state index in [4.69, 9.17) is 4.74 Å². The number of halogens is 3. The first kappa shape index (κ1) is 24.7. The van der Waals surface area contributed by atoms with E-state index >= 15 is 0 Å². The van der Waals surface area contributed by atoms with Gasteiger partial charge in [-0.3, -0.25) is 4.79 Å². The highest BCUT2D eigenvalue weighted by Crippen LogP contribution is 2.36. The molecule has 1 amide bonds. The number of carbonyl (C=O) groups is 1. The molecule has 0 aromatic carbocycles. The van der Waals surface area contributed by atoms with E-state index in [2.05, 4.69) is 10.3 Å². The quantitative estimate of drug-likeness (QED) is 0.671. The standard InChI is InChI=1S/C20H29F3N4O4S/c1-14-11-27(12-15(2)31-14)32(29,30)10-8-25-19(28)16-5-4-9-26(13-16)18-17(20(21,22)23)6-3-7-24-18/h3,6-7,14-16H,4-5,8-13H2,1-2H3,(H,25,28). The van der Waals surface area contributed by atoms with Gasteiger partial charge in [0, 0.05) is 38.9 Å². The SMILES string of the molecule is CC1CN(S(=O)(=O)CCNC(=O)C2CCCN(c3ncccc3C(F)(F)F)C2)CC(C)O1. The van der Waals surface area contributed by atoms with Crippen molar-refractivity contribution in [1.82, 2.24) is 14.6 Å². The maximum atomic E-state index is 13.3. The Balaban J connectivity index is 1.56. The fraction of sp³-hybridized carbons (Fsp3) is 0.700. The predicted octanol–water partition coefficient (Wildman–Crippen LogP) is 1.87. The van der Waals surface area contributed by atoms with Gasteiger partial charge < -0.3 is 15.0 Å². The van der Waals surface area contributed by atoms with E-state index < -0.39 is 27.7 Å². The van der Waals surface area contributed by atoms with Gasteiger partial charge >= 0.3 is 6.18 Å². The minimum Gasteiger partial charge on any atom is -0.373 e. The van der Waals surface area contributed by atoms with Crippen LogP contribution in [-0.2, 0) is 25.7 Å². The zero-order valence-corrected chi connectivity index (χ0v) is 19.0. The van der Waals surface area contributed by atoms with Crippen molar-refractivity contribution < 1.29 is 31.1 Å². The molecule has 0 aliphatic carbocycles. The summed E-state index contributed by atoms with van der Waals surface area (Å²) in [4.78, 5) is 18.0. The Labute approximate surface area is 186 Å². The molecular formula is C20H29F3N4O4S. The number of rotatable bonds is 6. The molecule has 3 unspecified atom stereocenters. The number of hydrogen-bond acceptors (Lipinski definition) is 6. The number of pyridine rings is 1. The lowest BCUT2D eigenvalue weighted by molar-refractivity contribution is -0.137. The van der Waals surface area contributed by atoms with Gasteiger partial charge in [0.05, 0.1) is 29.4 Å². The first-order valence-electron chi connectivity index (χ1n) is 10.7. The molecule has 3 heterocycles. The van der Waals surface area contributed by atoms with Crippen LogP contribution >= 0.6 is 0 Å². The average Bonchev–Trinajstić information content (AvgIpc) is 2.72. The zero-order valence-electron chi connectivity index (χ0n) is 18.1. The second-order valence-corrected chi connectivity index (χ2v) is 10.4. The minimum atomic E-state index is -4.54.